The van der Waals surface area contributed by atoms with Crippen molar-refractivity contribution >= 4 is 11.1 Å². The molecule has 0 amide bonds. The van der Waals surface area contributed by atoms with Crippen LogP contribution in [0.5, 0.6) is 11.5 Å². The van der Waals surface area contributed by atoms with Crippen molar-refractivity contribution in [3.63, 3.8) is 0 Å². The summed E-state index contributed by atoms with van der Waals surface area (Å²) in [4.78, 5) is 0. The van der Waals surface area contributed by atoms with E-state index in [4.69, 9.17) is 4.42 Å². The van der Waals surface area contributed by atoms with E-state index in [9.17, 15) is 15.5 Å². The molecule has 1 aliphatic rings. The molecule has 1 aromatic heterocycles. The number of aryl methyl sites for hydroxylation is 1. The lowest BCUT2D eigenvalue weighted by Crippen LogP contribution is -2.02. The maximum atomic E-state index is 10.2. The molecule has 26 heavy (non-hydrogen) atoms. The third-order valence-corrected chi connectivity index (χ3v) is 4.99. The quantitative estimate of drug-likeness (QED) is 0.690. The summed E-state index contributed by atoms with van der Waals surface area (Å²) in [5, 5.41) is 29.3. The molecule has 2 N–H and O–H groups in total. The summed E-state index contributed by atoms with van der Waals surface area (Å²) >= 11 is 0. The zero-order chi connectivity index (χ0) is 18.4. The van der Waals surface area contributed by atoms with Gasteiger partial charge in [0.05, 0.1) is 17.7 Å². The summed E-state index contributed by atoms with van der Waals surface area (Å²) in [5.41, 5.74) is 6.48. The summed E-state index contributed by atoms with van der Waals surface area (Å²) in [5.74, 6) is 0.670. The maximum Gasteiger partial charge on any atom is 0.133 e. The molecule has 1 aliphatic carbocycles. The Hall–Kier alpha value is -3.45. The van der Waals surface area contributed by atoms with Gasteiger partial charge in [-0.15, -0.1) is 0 Å². The second kappa shape index (κ2) is 5.82. The highest BCUT2D eigenvalue weighted by molar-refractivity contribution is 6.01. The Morgan fingerprint density at radius 3 is 2.42 bits per heavy atom. The van der Waals surface area contributed by atoms with Crippen LogP contribution < -0.4 is 0 Å². The number of phenolic OH excluding ortho intramolecular Hbond substituents is 2. The van der Waals surface area contributed by atoms with Crippen molar-refractivity contribution in [3.05, 3.63) is 82.3 Å². The van der Waals surface area contributed by atoms with Gasteiger partial charge in [-0.25, -0.2) is 0 Å². The normalized spacial score (nSPS) is 15.8. The summed E-state index contributed by atoms with van der Waals surface area (Å²) in [6.45, 7) is 4.01. The molecule has 1 heterocycles. The number of hydrogen-bond acceptors (Lipinski definition) is 4. The van der Waals surface area contributed by atoms with Gasteiger partial charge >= 0.3 is 0 Å². The number of hydrogen-bond donors (Lipinski definition) is 2. The van der Waals surface area contributed by atoms with Gasteiger partial charge in [0, 0.05) is 0 Å². The molecule has 1 atom stereocenters. The number of aromatic hydroxyl groups is 2. The van der Waals surface area contributed by atoms with Crippen LogP contribution in [0.1, 0.15) is 46.4 Å². The fraction of sp³-hybridized carbons (Fsp3) is 0.136. The fourth-order valence-electron chi connectivity index (χ4n) is 3.97. The van der Waals surface area contributed by atoms with Crippen LogP contribution in [-0.4, -0.2) is 10.2 Å². The molecule has 0 spiro atoms. The van der Waals surface area contributed by atoms with Crippen LogP contribution in [0.15, 0.2) is 53.1 Å². The fourth-order valence-corrected chi connectivity index (χ4v) is 3.97. The van der Waals surface area contributed by atoms with Crippen LogP contribution in [0, 0.1) is 18.3 Å². The SMILES string of the molecule is CC1=C(c2ccc(O)cc2)C(c2occc2C#N)c2cc(O)cc(C)c21. The number of allylic oxidation sites excluding steroid dienone is 2. The molecule has 4 heteroatoms. The van der Waals surface area contributed by atoms with Gasteiger partial charge < -0.3 is 14.6 Å². The Kier molecular flexibility index (Phi) is 3.59. The van der Waals surface area contributed by atoms with Crippen molar-refractivity contribution in [1.82, 2.24) is 0 Å². The summed E-state index contributed by atoms with van der Waals surface area (Å²) in [7, 11) is 0. The van der Waals surface area contributed by atoms with Gasteiger partial charge in [0.15, 0.2) is 0 Å². The summed E-state index contributed by atoms with van der Waals surface area (Å²) < 4.78 is 5.71. The topological polar surface area (TPSA) is 77.4 Å². The van der Waals surface area contributed by atoms with E-state index in [0.717, 1.165) is 33.4 Å². The number of benzene rings is 2. The molecule has 4 nitrogen and oxygen atoms in total. The molecule has 3 aromatic rings. The molecule has 2 aromatic carbocycles. The van der Waals surface area contributed by atoms with Crippen LogP contribution in [0.4, 0.5) is 0 Å². The molecule has 0 fully saturated rings. The van der Waals surface area contributed by atoms with E-state index in [1.165, 1.54) is 6.26 Å². The van der Waals surface area contributed by atoms with Gasteiger partial charge in [-0.1, -0.05) is 12.1 Å². The minimum Gasteiger partial charge on any atom is -0.508 e. The average Bonchev–Trinajstić information content (AvgIpc) is 3.17. The molecule has 1 unspecified atom stereocenters. The number of fused-ring (bicyclic) bond motifs is 1. The second-order valence-corrected chi connectivity index (χ2v) is 6.56. The van der Waals surface area contributed by atoms with Gasteiger partial charge in [-0.05, 0) is 77.6 Å². The van der Waals surface area contributed by atoms with E-state index >= 15 is 0 Å². The standard InChI is InChI=1S/C22H17NO3/c1-12-9-17(25)10-18-19(12)13(2)20(14-3-5-16(24)6-4-14)21(18)22-15(11-23)7-8-26-22/h3-10,21,24-25H,1-2H3. The number of phenols is 2. The minimum absolute atomic E-state index is 0.191. The highest BCUT2D eigenvalue weighted by Gasteiger charge is 2.36. The smallest absolute Gasteiger partial charge is 0.133 e. The molecule has 4 rings (SSSR count). The van der Waals surface area contributed by atoms with Gasteiger partial charge in [0.1, 0.15) is 23.3 Å². The number of nitriles is 1. The first kappa shape index (κ1) is 16.0. The van der Waals surface area contributed by atoms with Gasteiger partial charge in [0.25, 0.3) is 0 Å². The van der Waals surface area contributed by atoms with Crippen LogP contribution >= 0.6 is 0 Å². The lowest BCUT2D eigenvalue weighted by molar-refractivity contribution is 0.472. The van der Waals surface area contributed by atoms with Crippen molar-refractivity contribution in [2.75, 3.05) is 0 Å². The Balaban J connectivity index is 2.03. The van der Waals surface area contributed by atoms with Gasteiger partial charge in [0.2, 0.25) is 0 Å². The first-order chi connectivity index (χ1) is 12.5. The van der Waals surface area contributed by atoms with Crippen LogP contribution in [-0.2, 0) is 0 Å². The molecular weight excluding hydrogens is 326 g/mol. The first-order valence-corrected chi connectivity index (χ1v) is 8.32. The van der Waals surface area contributed by atoms with E-state index in [1.54, 1.807) is 30.3 Å². The van der Waals surface area contributed by atoms with E-state index < -0.39 is 0 Å². The predicted octanol–water partition coefficient (Wildman–Crippen LogP) is 4.95. The molecule has 0 saturated carbocycles. The lowest BCUT2D eigenvalue weighted by atomic mass is 9.87. The molecular formula is C22H17NO3. The van der Waals surface area contributed by atoms with Crippen molar-refractivity contribution in [2.24, 2.45) is 0 Å². The number of rotatable bonds is 2. The molecule has 0 aliphatic heterocycles. The van der Waals surface area contributed by atoms with Crippen molar-refractivity contribution in [3.8, 4) is 17.6 Å². The third kappa shape index (κ3) is 2.29. The van der Waals surface area contributed by atoms with Crippen LogP contribution in [0.2, 0.25) is 0 Å². The largest absolute Gasteiger partial charge is 0.508 e. The predicted molar refractivity (Wildman–Crippen MR) is 98.7 cm³/mol. The van der Waals surface area contributed by atoms with E-state index in [1.807, 2.05) is 26.0 Å². The summed E-state index contributed by atoms with van der Waals surface area (Å²) in [6.07, 6.45) is 1.52. The third-order valence-electron chi connectivity index (χ3n) is 4.99. The Morgan fingerprint density at radius 1 is 1.00 bits per heavy atom. The van der Waals surface area contributed by atoms with Crippen molar-refractivity contribution in [2.45, 2.75) is 19.8 Å². The molecule has 0 saturated heterocycles. The van der Waals surface area contributed by atoms with Crippen LogP contribution in [0.3, 0.4) is 0 Å². The summed E-state index contributed by atoms with van der Waals surface area (Å²) in [6, 6.07) is 14.3. The Morgan fingerprint density at radius 2 is 1.73 bits per heavy atom. The number of nitrogens with zero attached hydrogens (tertiary/aromatic N) is 1. The van der Waals surface area contributed by atoms with Crippen LogP contribution in [0.25, 0.3) is 11.1 Å². The number of furan rings is 1. The molecule has 0 bridgehead atoms. The minimum atomic E-state index is -0.287. The monoisotopic (exact) mass is 343 g/mol. The zero-order valence-electron chi connectivity index (χ0n) is 14.4. The lowest BCUT2D eigenvalue weighted by Gasteiger charge is -2.16. The average molecular weight is 343 g/mol. The highest BCUT2D eigenvalue weighted by Crippen LogP contribution is 2.52. The Bertz CT molecular complexity index is 1080. The first-order valence-electron chi connectivity index (χ1n) is 8.32. The zero-order valence-corrected chi connectivity index (χ0v) is 14.4. The van der Waals surface area contributed by atoms with Crippen molar-refractivity contribution in [1.29, 1.82) is 5.26 Å². The molecule has 128 valence electrons. The maximum absolute atomic E-state index is 10.2. The Labute approximate surface area is 151 Å². The molecule has 0 radical (unpaired) electrons. The van der Waals surface area contributed by atoms with Gasteiger partial charge in [-0.2, -0.15) is 5.26 Å². The van der Waals surface area contributed by atoms with Gasteiger partial charge in [-0.3, -0.25) is 0 Å². The highest BCUT2D eigenvalue weighted by atomic mass is 16.3. The van der Waals surface area contributed by atoms with E-state index in [2.05, 4.69) is 6.07 Å². The van der Waals surface area contributed by atoms with E-state index in [0.29, 0.717) is 11.3 Å². The second-order valence-electron chi connectivity index (χ2n) is 6.56. The van der Waals surface area contributed by atoms with E-state index in [-0.39, 0.29) is 17.4 Å². The van der Waals surface area contributed by atoms with Crippen molar-refractivity contribution < 1.29 is 14.6 Å².